The van der Waals surface area contributed by atoms with Crippen LogP contribution >= 0.6 is 0 Å². The van der Waals surface area contributed by atoms with Gasteiger partial charge in [-0.25, -0.2) is 4.79 Å². The van der Waals surface area contributed by atoms with E-state index < -0.39 is 12.0 Å². The van der Waals surface area contributed by atoms with E-state index in [1.807, 2.05) is 18.5 Å². The van der Waals surface area contributed by atoms with Gasteiger partial charge in [-0.05, 0) is 39.3 Å². The minimum absolute atomic E-state index is 0.354. The van der Waals surface area contributed by atoms with E-state index in [2.05, 4.69) is 46.3 Å². The Kier molecular flexibility index (Phi) is 6.33. The third-order valence-corrected chi connectivity index (χ3v) is 4.21. The maximum atomic E-state index is 12.0. The second-order valence-corrected chi connectivity index (χ2v) is 6.31. The largest absolute Gasteiger partial charge is 0.467 e. The van der Waals surface area contributed by atoms with Crippen LogP contribution in [0.5, 0.6) is 0 Å². The Morgan fingerprint density at radius 2 is 1.88 bits per heavy atom. The molecule has 0 saturated carbocycles. The van der Waals surface area contributed by atoms with Crippen LogP contribution in [0, 0.1) is 20.8 Å². The summed E-state index contributed by atoms with van der Waals surface area (Å²) in [4.78, 5) is 23.3. The van der Waals surface area contributed by atoms with Crippen molar-refractivity contribution >= 4 is 18.0 Å². The zero-order valence-electron chi connectivity index (χ0n) is 15.9. The Morgan fingerprint density at radius 3 is 2.50 bits per heavy atom. The Morgan fingerprint density at radius 1 is 1.23 bits per heavy atom. The molecule has 1 aromatic heterocycles. The molecule has 0 aliphatic rings. The number of hydrogen-bond acceptors (Lipinski definition) is 4. The molecule has 0 fully saturated rings. The molecule has 0 aliphatic carbocycles. The fourth-order valence-corrected chi connectivity index (χ4v) is 2.63. The summed E-state index contributed by atoms with van der Waals surface area (Å²) in [7, 11) is 1.29. The number of amides is 1. The second-order valence-electron chi connectivity index (χ2n) is 6.31. The van der Waals surface area contributed by atoms with Crippen LogP contribution in [-0.2, 0) is 20.9 Å². The molecular weight excluding hydrogens is 330 g/mol. The highest BCUT2D eigenvalue weighted by atomic mass is 16.5. The van der Waals surface area contributed by atoms with Crippen molar-refractivity contribution in [1.29, 1.82) is 0 Å². The maximum absolute atomic E-state index is 12.0. The summed E-state index contributed by atoms with van der Waals surface area (Å²) in [5.74, 6) is -0.835. The molecule has 1 heterocycles. The van der Waals surface area contributed by atoms with E-state index in [9.17, 15) is 9.59 Å². The number of benzene rings is 1. The SMILES string of the molecule is COC(=O)[C@H](C)NC(=O)C=Cc1c(C)nn(Cc2ccc(C)cc2)c1C. The molecule has 138 valence electrons. The predicted molar refractivity (Wildman–Crippen MR) is 101 cm³/mol. The molecular formula is C20H25N3O3. The number of hydrogen-bond donors (Lipinski definition) is 1. The number of ether oxygens (including phenoxy) is 1. The first-order valence-corrected chi connectivity index (χ1v) is 8.47. The highest BCUT2D eigenvalue weighted by Crippen LogP contribution is 2.16. The maximum Gasteiger partial charge on any atom is 0.328 e. The topological polar surface area (TPSA) is 73.2 Å². The van der Waals surface area contributed by atoms with Crippen LogP contribution in [0.4, 0.5) is 0 Å². The van der Waals surface area contributed by atoms with Gasteiger partial charge in [0.1, 0.15) is 6.04 Å². The van der Waals surface area contributed by atoms with Crippen LogP contribution in [0.15, 0.2) is 30.3 Å². The molecule has 1 atom stereocenters. The van der Waals surface area contributed by atoms with Gasteiger partial charge in [-0.3, -0.25) is 9.48 Å². The quantitative estimate of drug-likeness (QED) is 0.638. The van der Waals surface area contributed by atoms with Gasteiger partial charge in [-0.2, -0.15) is 5.10 Å². The fourth-order valence-electron chi connectivity index (χ4n) is 2.63. The van der Waals surface area contributed by atoms with Gasteiger partial charge < -0.3 is 10.1 Å². The first-order valence-electron chi connectivity index (χ1n) is 8.47. The van der Waals surface area contributed by atoms with E-state index in [-0.39, 0.29) is 5.91 Å². The monoisotopic (exact) mass is 355 g/mol. The smallest absolute Gasteiger partial charge is 0.328 e. The van der Waals surface area contributed by atoms with Crippen molar-refractivity contribution in [2.75, 3.05) is 7.11 Å². The van der Waals surface area contributed by atoms with Crippen LogP contribution in [0.1, 0.15) is 35.0 Å². The average Bonchev–Trinajstić information content (AvgIpc) is 2.87. The van der Waals surface area contributed by atoms with Gasteiger partial charge in [0, 0.05) is 17.3 Å². The van der Waals surface area contributed by atoms with Gasteiger partial charge in [0.05, 0.1) is 19.3 Å². The summed E-state index contributed by atoms with van der Waals surface area (Å²) in [6.45, 7) is 8.19. The van der Waals surface area contributed by atoms with Crippen LogP contribution in [-0.4, -0.2) is 34.8 Å². The van der Waals surface area contributed by atoms with E-state index in [1.54, 1.807) is 13.0 Å². The number of carbonyl (C=O) groups is 2. The van der Waals surface area contributed by atoms with Gasteiger partial charge in [-0.1, -0.05) is 29.8 Å². The summed E-state index contributed by atoms with van der Waals surface area (Å²) in [5, 5.41) is 7.13. The van der Waals surface area contributed by atoms with Gasteiger partial charge in [0.2, 0.25) is 5.91 Å². The van der Waals surface area contributed by atoms with Crippen LogP contribution < -0.4 is 5.32 Å². The number of nitrogens with one attached hydrogen (secondary N) is 1. The summed E-state index contributed by atoms with van der Waals surface area (Å²) in [6, 6.07) is 7.64. The molecule has 1 aromatic carbocycles. The van der Waals surface area contributed by atoms with E-state index in [0.29, 0.717) is 6.54 Å². The summed E-state index contributed by atoms with van der Waals surface area (Å²) >= 11 is 0. The highest BCUT2D eigenvalue weighted by Gasteiger charge is 2.15. The molecule has 2 rings (SSSR count). The summed E-state index contributed by atoms with van der Waals surface area (Å²) < 4.78 is 6.52. The van der Waals surface area contributed by atoms with Crippen molar-refractivity contribution < 1.29 is 14.3 Å². The van der Waals surface area contributed by atoms with Crippen molar-refractivity contribution in [3.8, 4) is 0 Å². The number of methoxy groups -OCH3 is 1. The highest BCUT2D eigenvalue weighted by molar-refractivity contribution is 5.94. The molecule has 0 bridgehead atoms. The minimum Gasteiger partial charge on any atom is -0.467 e. The molecule has 2 aromatic rings. The lowest BCUT2D eigenvalue weighted by Gasteiger charge is -2.09. The van der Waals surface area contributed by atoms with Crippen molar-refractivity contribution in [1.82, 2.24) is 15.1 Å². The van der Waals surface area contributed by atoms with Gasteiger partial charge in [0.25, 0.3) is 0 Å². The molecule has 0 unspecified atom stereocenters. The Bertz CT molecular complexity index is 820. The second kappa shape index (κ2) is 8.47. The standard InChI is InChI=1S/C20H25N3O3/c1-13-6-8-17(9-7-13)12-23-16(4)18(14(2)22-23)10-11-19(24)21-15(3)20(25)26-5/h6-11,15H,12H2,1-5H3,(H,21,24)/t15-/m0/s1. The lowest BCUT2D eigenvalue weighted by atomic mass is 10.1. The van der Waals surface area contributed by atoms with E-state index >= 15 is 0 Å². The molecule has 1 amide bonds. The Hall–Kier alpha value is -2.89. The molecule has 0 saturated heterocycles. The molecule has 26 heavy (non-hydrogen) atoms. The normalized spacial score (nSPS) is 12.2. The number of rotatable bonds is 6. The van der Waals surface area contributed by atoms with Crippen molar-refractivity contribution in [3.05, 3.63) is 58.4 Å². The lowest BCUT2D eigenvalue weighted by Crippen LogP contribution is -2.38. The third-order valence-electron chi connectivity index (χ3n) is 4.21. The first-order chi connectivity index (χ1) is 12.3. The minimum atomic E-state index is -0.691. The van der Waals surface area contributed by atoms with E-state index in [1.165, 1.54) is 24.3 Å². The van der Waals surface area contributed by atoms with Crippen LogP contribution in [0.3, 0.4) is 0 Å². The molecule has 0 radical (unpaired) electrons. The van der Waals surface area contributed by atoms with E-state index in [0.717, 1.165) is 17.0 Å². The fraction of sp³-hybridized carbons (Fsp3) is 0.350. The Labute approximate surface area is 153 Å². The number of nitrogens with zero attached hydrogens (tertiary/aromatic N) is 2. The predicted octanol–water partition coefficient (Wildman–Crippen LogP) is 2.55. The molecule has 6 nitrogen and oxygen atoms in total. The zero-order valence-corrected chi connectivity index (χ0v) is 15.9. The lowest BCUT2D eigenvalue weighted by molar-refractivity contribution is -0.144. The van der Waals surface area contributed by atoms with Crippen molar-refractivity contribution in [3.63, 3.8) is 0 Å². The molecule has 0 spiro atoms. The Balaban J connectivity index is 2.10. The first kappa shape index (κ1) is 19.4. The molecule has 1 N–H and O–H groups in total. The number of aromatic nitrogens is 2. The van der Waals surface area contributed by atoms with Crippen molar-refractivity contribution in [2.45, 2.75) is 40.3 Å². The summed E-state index contributed by atoms with van der Waals surface area (Å²) in [5.41, 5.74) is 5.12. The third kappa shape index (κ3) is 4.81. The summed E-state index contributed by atoms with van der Waals surface area (Å²) in [6.07, 6.45) is 3.13. The number of esters is 1. The van der Waals surface area contributed by atoms with E-state index in [4.69, 9.17) is 0 Å². The van der Waals surface area contributed by atoms with Gasteiger partial charge in [0.15, 0.2) is 0 Å². The number of aryl methyl sites for hydroxylation is 2. The van der Waals surface area contributed by atoms with Crippen molar-refractivity contribution in [2.24, 2.45) is 0 Å². The number of carbonyl (C=O) groups excluding carboxylic acids is 2. The van der Waals surface area contributed by atoms with Gasteiger partial charge in [-0.15, -0.1) is 0 Å². The zero-order chi connectivity index (χ0) is 19.3. The average molecular weight is 355 g/mol. The van der Waals surface area contributed by atoms with Crippen LogP contribution in [0.2, 0.25) is 0 Å². The molecule has 0 aliphatic heterocycles. The van der Waals surface area contributed by atoms with Crippen LogP contribution in [0.25, 0.3) is 6.08 Å². The van der Waals surface area contributed by atoms with Gasteiger partial charge >= 0.3 is 5.97 Å². The molecule has 6 heteroatoms.